The second kappa shape index (κ2) is 8.69. The molecule has 0 bridgehead atoms. The van der Waals surface area contributed by atoms with Crippen molar-refractivity contribution in [1.29, 1.82) is 0 Å². The highest BCUT2D eigenvalue weighted by molar-refractivity contribution is 7.89. The van der Waals surface area contributed by atoms with Gasteiger partial charge in [0.05, 0.1) is 11.1 Å². The van der Waals surface area contributed by atoms with Crippen LogP contribution in [0.4, 0.5) is 10.1 Å². The van der Waals surface area contributed by atoms with Gasteiger partial charge >= 0.3 is 0 Å². The number of carbonyl (C=O) groups is 1. The fraction of sp³-hybridized carbons (Fsp3) is 0.350. The van der Waals surface area contributed by atoms with Gasteiger partial charge in [-0.3, -0.25) is 4.79 Å². The summed E-state index contributed by atoms with van der Waals surface area (Å²) in [6.45, 7) is 4.44. The number of rotatable bonds is 6. The van der Waals surface area contributed by atoms with Crippen molar-refractivity contribution in [2.45, 2.75) is 37.7 Å². The number of halogens is 2. The molecule has 2 aromatic carbocycles. The van der Waals surface area contributed by atoms with Gasteiger partial charge in [0, 0.05) is 24.3 Å². The number of amides is 1. The van der Waals surface area contributed by atoms with Crippen molar-refractivity contribution in [3.8, 4) is 5.75 Å². The lowest BCUT2D eigenvalue weighted by atomic mass is 10.2. The Morgan fingerprint density at radius 1 is 1.17 bits per heavy atom. The average Bonchev–Trinajstić information content (AvgIpc) is 3.19. The monoisotopic (exact) mass is 440 g/mol. The van der Waals surface area contributed by atoms with Gasteiger partial charge in [0.25, 0.3) is 5.91 Å². The number of benzene rings is 2. The van der Waals surface area contributed by atoms with Gasteiger partial charge in [-0.25, -0.2) is 12.8 Å². The molecule has 0 unspecified atom stereocenters. The minimum atomic E-state index is -3.98. The summed E-state index contributed by atoms with van der Waals surface area (Å²) in [6, 6.07) is 8.08. The molecule has 0 aromatic heterocycles. The number of sulfonamides is 1. The lowest BCUT2D eigenvalue weighted by molar-refractivity contribution is 0.102. The molecular weight excluding hydrogens is 419 g/mol. The molecule has 0 spiro atoms. The Balaban J connectivity index is 1.82. The van der Waals surface area contributed by atoms with Gasteiger partial charge in [-0.15, -0.1) is 0 Å². The van der Waals surface area contributed by atoms with E-state index in [1.807, 2.05) is 13.8 Å². The minimum absolute atomic E-state index is 0.0304. The minimum Gasteiger partial charge on any atom is -0.489 e. The van der Waals surface area contributed by atoms with Crippen LogP contribution in [0.15, 0.2) is 41.3 Å². The van der Waals surface area contributed by atoms with Crippen LogP contribution in [0, 0.1) is 5.82 Å². The molecule has 0 saturated carbocycles. The van der Waals surface area contributed by atoms with Gasteiger partial charge in [-0.05, 0) is 63.1 Å². The molecule has 1 aliphatic rings. The summed E-state index contributed by atoms with van der Waals surface area (Å²) in [5.74, 6) is -0.969. The topological polar surface area (TPSA) is 75.7 Å². The number of hydrogen-bond donors (Lipinski definition) is 1. The first-order valence-corrected chi connectivity index (χ1v) is 11.1. The molecule has 0 aliphatic carbocycles. The fourth-order valence-electron chi connectivity index (χ4n) is 3.04. The lowest BCUT2D eigenvalue weighted by Crippen LogP contribution is -2.29. The summed E-state index contributed by atoms with van der Waals surface area (Å²) in [5.41, 5.74) is 0.437. The van der Waals surface area contributed by atoms with Crippen molar-refractivity contribution < 1.29 is 22.3 Å². The molecule has 0 radical (unpaired) electrons. The molecule has 2 aromatic rings. The Bertz CT molecular complexity index is 1020. The maximum absolute atomic E-state index is 14.2. The molecule has 1 heterocycles. The van der Waals surface area contributed by atoms with E-state index < -0.39 is 26.6 Å². The molecule has 3 rings (SSSR count). The molecule has 1 amide bonds. The van der Waals surface area contributed by atoms with Gasteiger partial charge in [-0.2, -0.15) is 4.31 Å². The molecule has 1 N–H and O–H groups in total. The maximum Gasteiger partial charge on any atom is 0.255 e. The second-order valence-electron chi connectivity index (χ2n) is 7.02. The van der Waals surface area contributed by atoms with Crippen LogP contribution in [-0.2, 0) is 10.0 Å². The van der Waals surface area contributed by atoms with Crippen LogP contribution in [0.2, 0.25) is 5.02 Å². The number of carbonyl (C=O) groups excluding carboxylic acids is 1. The molecule has 1 fully saturated rings. The Kier molecular flexibility index (Phi) is 6.45. The van der Waals surface area contributed by atoms with E-state index in [1.54, 1.807) is 12.1 Å². The van der Waals surface area contributed by atoms with Gasteiger partial charge in [0.1, 0.15) is 16.5 Å². The SMILES string of the molecule is CC(C)Oc1ccc(NC(=O)c2ccc(F)c(S(=O)(=O)N3CCCC3)c2)cc1Cl. The third kappa shape index (κ3) is 4.88. The van der Waals surface area contributed by atoms with Gasteiger partial charge in [-0.1, -0.05) is 11.6 Å². The van der Waals surface area contributed by atoms with E-state index in [9.17, 15) is 17.6 Å². The van der Waals surface area contributed by atoms with Gasteiger partial charge in [0.2, 0.25) is 10.0 Å². The van der Waals surface area contributed by atoms with E-state index in [2.05, 4.69) is 5.32 Å². The normalized spacial score (nSPS) is 14.9. The highest BCUT2D eigenvalue weighted by Gasteiger charge is 2.30. The highest BCUT2D eigenvalue weighted by atomic mass is 35.5. The van der Waals surface area contributed by atoms with Crippen LogP contribution in [0.3, 0.4) is 0 Å². The number of nitrogens with one attached hydrogen (secondary N) is 1. The van der Waals surface area contributed by atoms with E-state index in [4.69, 9.17) is 16.3 Å². The lowest BCUT2D eigenvalue weighted by Gasteiger charge is -2.16. The summed E-state index contributed by atoms with van der Waals surface area (Å²) in [4.78, 5) is 12.1. The standard InChI is InChI=1S/C20H22ClFN2O4S/c1-13(2)28-18-8-6-15(12-16(18)21)23-20(25)14-5-7-17(22)19(11-14)29(26,27)24-9-3-4-10-24/h5-8,11-13H,3-4,9-10H2,1-2H3,(H,23,25). The third-order valence-corrected chi connectivity index (χ3v) is 6.64. The number of anilines is 1. The zero-order valence-electron chi connectivity index (χ0n) is 16.1. The van der Waals surface area contributed by atoms with Crippen LogP contribution >= 0.6 is 11.6 Å². The van der Waals surface area contributed by atoms with Crippen molar-refractivity contribution in [3.63, 3.8) is 0 Å². The second-order valence-corrected chi connectivity index (χ2v) is 9.34. The molecule has 9 heteroatoms. The first-order chi connectivity index (χ1) is 13.7. The van der Waals surface area contributed by atoms with E-state index in [1.165, 1.54) is 16.4 Å². The highest BCUT2D eigenvalue weighted by Crippen LogP contribution is 2.29. The van der Waals surface area contributed by atoms with Crippen LogP contribution < -0.4 is 10.1 Å². The zero-order chi connectivity index (χ0) is 21.2. The smallest absolute Gasteiger partial charge is 0.255 e. The van der Waals surface area contributed by atoms with E-state index in [0.29, 0.717) is 29.5 Å². The van der Waals surface area contributed by atoms with Crippen molar-refractivity contribution in [2.24, 2.45) is 0 Å². The quantitative estimate of drug-likeness (QED) is 0.726. The molecule has 1 saturated heterocycles. The molecular formula is C20H22ClFN2O4S. The van der Waals surface area contributed by atoms with Crippen LogP contribution in [0.1, 0.15) is 37.0 Å². The van der Waals surface area contributed by atoms with E-state index in [-0.39, 0.29) is 11.7 Å². The van der Waals surface area contributed by atoms with Crippen molar-refractivity contribution in [2.75, 3.05) is 18.4 Å². The molecule has 6 nitrogen and oxygen atoms in total. The van der Waals surface area contributed by atoms with Gasteiger partial charge < -0.3 is 10.1 Å². The molecule has 1 aliphatic heterocycles. The number of ether oxygens (including phenoxy) is 1. The van der Waals surface area contributed by atoms with Crippen molar-refractivity contribution in [3.05, 3.63) is 52.8 Å². The van der Waals surface area contributed by atoms with E-state index >= 15 is 0 Å². The predicted octanol–water partition coefficient (Wildman–Crippen LogP) is 4.30. The summed E-state index contributed by atoms with van der Waals surface area (Å²) in [6.07, 6.45) is 1.42. The Morgan fingerprint density at radius 3 is 2.48 bits per heavy atom. The number of nitrogens with zero attached hydrogens (tertiary/aromatic N) is 1. The van der Waals surface area contributed by atoms with Crippen molar-refractivity contribution >= 4 is 33.2 Å². The molecule has 0 atom stereocenters. The average molecular weight is 441 g/mol. The molecule has 156 valence electrons. The van der Waals surface area contributed by atoms with E-state index in [0.717, 1.165) is 25.0 Å². The first kappa shape index (κ1) is 21.5. The van der Waals surface area contributed by atoms with Crippen LogP contribution in [0.25, 0.3) is 0 Å². The Labute approximate surface area is 174 Å². The Hall–Kier alpha value is -2.16. The van der Waals surface area contributed by atoms with Crippen LogP contribution in [-0.4, -0.2) is 37.8 Å². The summed E-state index contributed by atoms with van der Waals surface area (Å²) < 4.78 is 46.4. The summed E-state index contributed by atoms with van der Waals surface area (Å²) in [7, 11) is -3.98. The van der Waals surface area contributed by atoms with Crippen LogP contribution in [0.5, 0.6) is 5.75 Å². The van der Waals surface area contributed by atoms with Gasteiger partial charge in [0.15, 0.2) is 0 Å². The summed E-state index contributed by atoms with van der Waals surface area (Å²) in [5, 5.41) is 2.96. The third-order valence-electron chi connectivity index (χ3n) is 4.43. The summed E-state index contributed by atoms with van der Waals surface area (Å²) >= 11 is 6.17. The molecule has 29 heavy (non-hydrogen) atoms. The van der Waals surface area contributed by atoms with Crippen molar-refractivity contribution in [1.82, 2.24) is 4.31 Å². The largest absolute Gasteiger partial charge is 0.489 e. The predicted molar refractivity (Wildman–Crippen MR) is 110 cm³/mol. The zero-order valence-corrected chi connectivity index (χ0v) is 17.7. The Morgan fingerprint density at radius 2 is 1.86 bits per heavy atom. The maximum atomic E-state index is 14.2. The fourth-order valence-corrected chi connectivity index (χ4v) is 4.87. The first-order valence-electron chi connectivity index (χ1n) is 9.26. The number of hydrogen-bond acceptors (Lipinski definition) is 4.